The van der Waals surface area contributed by atoms with E-state index < -0.39 is 0 Å². The van der Waals surface area contributed by atoms with Gasteiger partial charge in [0.25, 0.3) is 0 Å². The Kier molecular flexibility index (Phi) is 4.19. The number of hydrogen-bond donors (Lipinski definition) is 1. The van der Waals surface area contributed by atoms with Crippen LogP contribution in [0.3, 0.4) is 0 Å². The molecule has 0 aliphatic heterocycles. The van der Waals surface area contributed by atoms with Crippen molar-refractivity contribution in [2.75, 3.05) is 25.2 Å². The molecule has 1 aromatic rings. The first-order valence-corrected chi connectivity index (χ1v) is 6.44. The van der Waals surface area contributed by atoms with E-state index in [1.165, 1.54) is 18.9 Å². The molecule has 2 rings (SSSR count). The second kappa shape index (κ2) is 5.67. The lowest BCUT2D eigenvalue weighted by atomic mass is 10.0. The SMILES string of the molecule is COCCN(c1cccc(F)c1[C@@H](C)N)C1CC1. The Bertz CT molecular complexity index is 405. The first-order chi connectivity index (χ1) is 8.65. The number of ether oxygens (including phenoxy) is 1. The van der Waals surface area contributed by atoms with Crippen molar-refractivity contribution in [2.24, 2.45) is 5.73 Å². The monoisotopic (exact) mass is 252 g/mol. The maximum absolute atomic E-state index is 13.9. The van der Waals surface area contributed by atoms with Crippen LogP contribution in [0.1, 0.15) is 31.4 Å². The third-order valence-corrected chi connectivity index (χ3v) is 3.32. The Morgan fingerprint density at radius 1 is 1.50 bits per heavy atom. The van der Waals surface area contributed by atoms with Crippen LogP contribution in [0.2, 0.25) is 0 Å². The normalized spacial score (nSPS) is 16.7. The molecule has 0 amide bonds. The molecule has 2 N–H and O–H groups in total. The fourth-order valence-electron chi connectivity index (χ4n) is 2.30. The standard InChI is InChI=1S/C14H21FN2O/c1-10(16)14-12(15)4-3-5-13(14)17(8-9-18-2)11-6-7-11/h3-5,10-11H,6-9,16H2,1-2H3/t10-/m1/s1. The van der Waals surface area contributed by atoms with E-state index in [4.69, 9.17) is 10.5 Å². The molecule has 18 heavy (non-hydrogen) atoms. The molecule has 0 radical (unpaired) electrons. The molecule has 0 unspecified atom stereocenters. The third-order valence-electron chi connectivity index (χ3n) is 3.32. The molecular formula is C14H21FN2O. The van der Waals surface area contributed by atoms with Crippen LogP contribution in [0, 0.1) is 5.82 Å². The van der Waals surface area contributed by atoms with E-state index in [2.05, 4.69) is 4.90 Å². The summed E-state index contributed by atoms with van der Waals surface area (Å²) in [4.78, 5) is 2.23. The summed E-state index contributed by atoms with van der Waals surface area (Å²) in [5.74, 6) is -0.217. The Balaban J connectivity index is 2.31. The largest absolute Gasteiger partial charge is 0.383 e. The fraction of sp³-hybridized carbons (Fsp3) is 0.571. The van der Waals surface area contributed by atoms with Gasteiger partial charge in [-0.1, -0.05) is 6.07 Å². The molecule has 1 fully saturated rings. The number of nitrogens with two attached hydrogens (primary N) is 1. The van der Waals surface area contributed by atoms with Gasteiger partial charge in [-0.05, 0) is 31.9 Å². The lowest BCUT2D eigenvalue weighted by Gasteiger charge is -2.28. The highest BCUT2D eigenvalue weighted by atomic mass is 19.1. The van der Waals surface area contributed by atoms with Gasteiger partial charge in [0.1, 0.15) is 5.82 Å². The van der Waals surface area contributed by atoms with E-state index in [0.717, 1.165) is 12.2 Å². The van der Waals surface area contributed by atoms with Crippen molar-refractivity contribution in [3.63, 3.8) is 0 Å². The van der Waals surface area contributed by atoms with Crippen LogP contribution in [0.4, 0.5) is 10.1 Å². The van der Waals surface area contributed by atoms with Gasteiger partial charge in [-0.3, -0.25) is 0 Å². The van der Waals surface area contributed by atoms with Gasteiger partial charge in [-0.25, -0.2) is 4.39 Å². The molecule has 3 nitrogen and oxygen atoms in total. The van der Waals surface area contributed by atoms with Crippen LogP contribution in [0.25, 0.3) is 0 Å². The molecule has 0 aromatic heterocycles. The van der Waals surface area contributed by atoms with Crippen LogP contribution >= 0.6 is 0 Å². The topological polar surface area (TPSA) is 38.5 Å². The summed E-state index contributed by atoms with van der Waals surface area (Å²) in [6.07, 6.45) is 2.33. The van der Waals surface area contributed by atoms with Gasteiger partial charge >= 0.3 is 0 Å². The number of benzene rings is 1. The summed E-state index contributed by atoms with van der Waals surface area (Å²) in [7, 11) is 1.68. The molecule has 100 valence electrons. The molecule has 0 bridgehead atoms. The average Bonchev–Trinajstić information content (AvgIpc) is 3.13. The smallest absolute Gasteiger partial charge is 0.130 e. The molecule has 1 aliphatic carbocycles. The Morgan fingerprint density at radius 2 is 2.22 bits per heavy atom. The molecule has 0 saturated heterocycles. The molecule has 0 heterocycles. The van der Waals surface area contributed by atoms with Gasteiger partial charge in [0.15, 0.2) is 0 Å². The Labute approximate surface area is 108 Å². The van der Waals surface area contributed by atoms with E-state index in [-0.39, 0.29) is 11.9 Å². The molecule has 1 saturated carbocycles. The summed E-state index contributed by atoms with van der Waals surface area (Å²) >= 11 is 0. The quantitative estimate of drug-likeness (QED) is 0.845. The van der Waals surface area contributed by atoms with Crippen LogP contribution in [0.5, 0.6) is 0 Å². The summed E-state index contributed by atoms with van der Waals surface area (Å²) in [5, 5.41) is 0. The fourth-order valence-corrected chi connectivity index (χ4v) is 2.30. The van der Waals surface area contributed by atoms with Crippen molar-refractivity contribution in [1.82, 2.24) is 0 Å². The zero-order chi connectivity index (χ0) is 13.1. The van der Waals surface area contributed by atoms with Gasteiger partial charge in [0.2, 0.25) is 0 Å². The van der Waals surface area contributed by atoms with E-state index in [0.29, 0.717) is 18.2 Å². The van der Waals surface area contributed by atoms with E-state index in [1.54, 1.807) is 13.2 Å². The summed E-state index contributed by atoms with van der Waals surface area (Å²) in [6.45, 7) is 3.25. The third kappa shape index (κ3) is 2.82. The van der Waals surface area contributed by atoms with Crippen LogP contribution in [-0.2, 0) is 4.74 Å². The highest BCUT2D eigenvalue weighted by Gasteiger charge is 2.31. The van der Waals surface area contributed by atoms with Crippen molar-refractivity contribution in [2.45, 2.75) is 31.8 Å². The van der Waals surface area contributed by atoms with Crippen molar-refractivity contribution in [3.05, 3.63) is 29.6 Å². The minimum atomic E-state index is -0.301. The zero-order valence-corrected chi connectivity index (χ0v) is 11.0. The number of nitrogens with zero attached hydrogens (tertiary/aromatic N) is 1. The van der Waals surface area contributed by atoms with Crippen LogP contribution in [-0.4, -0.2) is 26.3 Å². The molecule has 1 atom stereocenters. The lowest BCUT2D eigenvalue weighted by molar-refractivity contribution is 0.205. The molecule has 4 heteroatoms. The first kappa shape index (κ1) is 13.3. The number of rotatable bonds is 6. The number of hydrogen-bond acceptors (Lipinski definition) is 3. The second-order valence-electron chi connectivity index (χ2n) is 4.88. The number of anilines is 1. The number of halogens is 1. The highest BCUT2D eigenvalue weighted by molar-refractivity contribution is 5.57. The van der Waals surface area contributed by atoms with Crippen LogP contribution in [0.15, 0.2) is 18.2 Å². The maximum atomic E-state index is 13.9. The molecule has 1 aromatic carbocycles. The minimum absolute atomic E-state index is 0.217. The summed E-state index contributed by atoms with van der Waals surface area (Å²) < 4.78 is 19.1. The molecule has 1 aliphatic rings. The minimum Gasteiger partial charge on any atom is -0.383 e. The lowest BCUT2D eigenvalue weighted by Crippen LogP contribution is -2.31. The van der Waals surface area contributed by atoms with Gasteiger partial charge in [-0.2, -0.15) is 0 Å². The van der Waals surface area contributed by atoms with Gasteiger partial charge < -0.3 is 15.4 Å². The predicted octanol–water partition coefficient (Wildman–Crippen LogP) is 2.46. The van der Waals surface area contributed by atoms with E-state index in [9.17, 15) is 4.39 Å². The van der Waals surface area contributed by atoms with Crippen molar-refractivity contribution in [1.29, 1.82) is 0 Å². The van der Waals surface area contributed by atoms with Crippen LogP contribution < -0.4 is 10.6 Å². The van der Waals surface area contributed by atoms with E-state index in [1.807, 2.05) is 13.0 Å². The second-order valence-corrected chi connectivity index (χ2v) is 4.88. The predicted molar refractivity (Wildman–Crippen MR) is 71.2 cm³/mol. The van der Waals surface area contributed by atoms with Gasteiger partial charge in [-0.15, -0.1) is 0 Å². The van der Waals surface area contributed by atoms with Gasteiger partial charge in [0, 0.05) is 37.0 Å². The summed E-state index contributed by atoms with van der Waals surface area (Å²) in [5.41, 5.74) is 7.44. The van der Waals surface area contributed by atoms with Crippen molar-refractivity contribution in [3.8, 4) is 0 Å². The van der Waals surface area contributed by atoms with Gasteiger partial charge in [0.05, 0.1) is 6.61 Å². The average molecular weight is 252 g/mol. The molecule has 0 spiro atoms. The van der Waals surface area contributed by atoms with Crippen molar-refractivity contribution >= 4 is 5.69 Å². The molecular weight excluding hydrogens is 231 g/mol. The number of methoxy groups -OCH3 is 1. The first-order valence-electron chi connectivity index (χ1n) is 6.44. The van der Waals surface area contributed by atoms with Crippen molar-refractivity contribution < 1.29 is 9.13 Å². The highest BCUT2D eigenvalue weighted by Crippen LogP contribution is 2.36. The van der Waals surface area contributed by atoms with E-state index >= 15 is 0 Å². The Hall–Kier alpha value is -1.13. The maximum Gasteiger partial charge on any atom is 0.130 e. The summed E-state index contributed by atoms with van der Waals surface area (Å²) in [6, 6.07) is 5.39. The zero-order valence-electron chi connectivity index (χ0n) is 11.0. The Morgan fingerprint density at radius 3 is 2.78 bits per heavy atom.